The zero-order chi connectivity index (χ0) is 30.3. The number of rotatable bonds is 11. The molecule has 0 bridgehead atoms. The van der Waals surface area contributed by atoms with Gasteiger partial charge in [0, 0.05) is 46.3 Å². The molecule has 0 fully saturated rings. The Balaban J connectivity index is 1.79. The van der Waals surface area contributed by atoms with E-state index in [0.29, 0.717) is 17.4 Å². The number of H-pyrrole nitrogens is 1. The first-order valence-corrected chi connectivity index (χ1v) is 13.7. The van der Waals surface area contributed by atoms with Gasteiger partial charge in [-0.05, 0) is 55.0 Å². The van der Waals surface area contributed by atoms with Crippen LogP contribution in [0.1, 0.15) is 37.9 Å². The molecule has 0 radical (unpaired) electrons. The number of halogens is 1. The van der Waals surface area contributed by atoms with Crippen LogP contribution in [0.5, 0.6) is 0 Å². The number of nitrogens with zero attached hydrogens (tertiary/aromatic N) is 4. The van der Waals surface area contributed by atoms with Gasteiger partial charge in [0.25, 0.3) is 11.5 Å². The number of carbonyl (C=O) groups is 3. The molecule has 0 aliphatic heterocycles. The SMILES string of the molecule is CC(C)Cc1c(Cl)cnc2cc(Cn3cccc(NC(=O)[C@H](CC/C=C/C(=O)N(C)C)OC(=O)N(C)C)c3=O)[nH]c12. The van der Waals surface area contributed by atoms with Crippen molar-refractivity contribution in [2.75, 3.05) is 33.5 Å². The van der Waals surface area contributed by atoms with Crippen molar-refractivity contribution in [3.8, 4) is 0 Å². The van der Waals surface area contributed by atoms with Gasteiger partial charge < -0.3 is 29.4 Å². The molecule has 2 N–H and O–H groups in total. The Morgan fingerprint density at radius 1 is 1.20 bits per heavy atom. The van der Waals surface area contributed by atoms with Gasteiger partial charge in [0.1, 0.15) is 5.69 Å². The Labute approximate surface area is 244 Å². The number of aromatic nitrogens is 3. The summed E-state index contributed by atoms with van der Waals surface area (Å²) in [5.74, 6) is -0.457. The molecule has 0 unspecified atom stereocenters. The molecule has 41 heavy (non-hydrogen) atoms. The van der Waals surface area contributed by atoms with Crippen LogP contribution >= 0.6 is 11.6 Å². The first-order chi connectivity index (χ1) is 19.4. The van der Waals surface area contributed by atoms with Crippen LogP contribution in [0.2, 0.25) is 5.02 Å². The number of aromatic amines is 1. The predicted molar refractivity (Wildman–Crippen MR) is 159 cm³/mol. The highest BCUT2D eigenvalue weighted by molar-refractivity contribution is 6.32. The topological polar surface area (TPSA) is 130 Å². The van der Waals surface area contributed by atoms with E-state index in [1.54, 1.807) is 38.6 Å². The third-order valence-corrected chi connectivity index (χ3v) is 6.51. The van der Waals surface area contributed by atoms with E-state index in [0.717, 1.165) is 28.7 Å². The van der Waals surface area contributed by atoms with E-state index in [2.05, 4.69) is 29.1 Å². The molecule has 3 amide bonds. The number of pyridine rings is 2. The quantitative estimate of drug-likeness (QED) is 0.327. The standard InChI is InChI=1S/C29H37ClN6O5/c1-18(2)14-20-21(30)16-31-23-15-19(32-26(20)23)17-36-13-9-10-22(28(36)39)33-27(38)24(41-29(40)35(5)6)11-7-8-12-25(37)34(3)4/h8-10,12-13,15-16,18,24,32H,7,11,14,17H2,1-6H3,(H,33,38)/b12-8+/t24-/m0/s1. The molecule has 3 aromatic heterocycles. The van der Waals surface area contributed by atoms with Crippen molar-refractivity contribution in [2.45, 2.75) is 45.8 Å². The maximum absolute atomic E-state index is 13.3. The first kappa shape index (κ1) is 31.4. The van der Waals surface area contributed by atoms with Crippen LogP contribution < -0.4 is 10.9 Å². The third-order valence-electron chi connectivity index (χ3n) is 6.19. The number of anilines is 1. The molecule has 11 nitrogen and oxygen atoms in total. The number of hydrogen-bond acceptors (Lipinski definition) is 6. The van der Waals surface area contributed by atoms with Crippen LogP contribution in [0.25, 0.3) is 11.0 Å². The summed E-state index contributed by atoms with van der Waals surface area (Å²) in [7, 11) is 6.26. The lowest BCUT2D eigenvalue weighted by atomic mass is 10.0. The van der Waals surface area contributed by atoms with Crippen LogP contribution in [0, 0.1) is 5.92 Å². The number of fused-ring (bicyclic) bond motifs is 1. The highest BCUT2D eigenvalue weighted by Gasteiger charge is 2.24. The van der Waals surface area contributed by atoms with E-state index >= 15 is 0 Å². The normalized spacial score (nSPS) is 12.1. The van der Waals surface area contributed by atoms with Crippen LogP contribution in [0.4, 0.5) is 10.5 Å². The molecule has 3 rings (SSSR count). The van der Waals surface area contributed by atoms with Crippen molar-refractivity contribution in [3.63, 3.8) is 0 Å². The first-order valence-electron chi connectivity index (χ1n) is 13.3. The van der Waals surface area contributed by atoms with Crippen LogP contribution in [-0.4, -0.2) is 76.5 Å². The van der Waals surface area contributed by atoms with Gasteiger partial charge in [-0.2, -0.15) is 0 Å². The minimum absolute atomic E-state index is 0.0412. The largest absolute Gasteiger partial charge is 0.436 e. The second-order valence-corrected chi connectivity index (χ2v) is 11.0. The van der Waals surface area contributed by atoms with Crippen molar-refractivity contribution in [3.05, 3.63) is 69.4 Å². The van der Waals surface area contributed by atoms with Gasteiger partial charge in [-0.25, -0.2) is 4.79 Å². The maximum atomic E-state index is 13.3. The predicted octanol–water partition coefficient (Wildman–Crippen LogP) is 4.05. The summed E-state index contributed by atoms with van der Waals surface area (Å²) < 4.78 is 6.82. The van der Waals surface area contributed by atoms with Crippen LogP contribution in [-0.2, 0) is 27.3 Å². The highest BCUT2D eigenvalue weighted by atomic mass is 35.5. The summed E-state index contributed by atoms with van der Waals surface area (Å²) in [5, 5.41) is 3.19. The zero-order valence-corrected chi connectivity index (χ0v) is 25.0. The van der Waals surface area contributed by atoms with Crippen molar-refractivity contribution in [2.24, 2.45) is 5.92 Å². The van der Waals surface area contributed by atoms with Gasteiger partial charge in [-0.1, -0.05) is 31.5 Å². The van der Waals surface area contributed by atoms with E-state index in [-0.39, 0.29) is 24.6 Å². The molecule has 0 saturated heterocycles. The Bertz CT molecular complexity index is 1490. The molecule has 3 aromatic rings. The summed E-state index contributed by atoms with van der Waals surface area (Å²) >= 11 is 6.42. The van der Waals surface area contributed by atoms with Crippen molar-refractivity contribution >= 4 is 46.2 Å². The smallest absolute Gasteiger partial charge is 0.410 e. The fourth-order valence-electron chi connectivity index (χ4n) is 4.05. The van der Waals surface area contributed by atoms with Crippen molar-refractivity contribution in [1.82, 2.24) is 24.3 Å². The van der Waals surface area contributed by atoms with E-state index < -0.39 is 23.7 Å². The summed E-state index contributed by atoms with van der Waals surface area (Å²) in [6, 6.07) is 5.01. The zero-order valence-electron chi connectivity index (χ0n) is 24.2. The van der Waals surface area contributed by atoms with E-state index in [9.17, 15) is 19.2 Å². The van der Waals surface area contributed by atoms with Gasteiger partial charge in [-0.15, -0.1) is 0 Å². The van der Waals surface area contributed by atoms with Gasteiger partial charge in [-0.3, -0.25) is 19.4 Å². The summed E-state index contributed by atoms with van der Waals surface area (Å²) in [5.41, 5.74) is 2.93. The van der Waals surface area contributed by atoms with Gasteiger partial charge in [0.15, 0.2) is 6.10 Å². The fraction of sp³-hybridized carbons (Fsp3) is 0.414. The Hall–Kier alpha value is -4.12. The number of likely N-dealkylation sites (N-methyl/N-ethyl adjacent to an activating group) is 1. The van der Waals surface area contributed by atoms with Gasteiger partial charge in [0.05, 0.1) is 22.6 Å². The molecule has 0 spiro atoms. The Morgan fingerprint density at radius 2 is 1.93 bits per heavy atom. The van der Waals surface area contributed by atoms with Crippen LogP contribution in [0.3, 0.4) is 0 Å². The summed E-state index contributed by atoms with van der Waals surface area (Å²) in [6.45, 7) is 4.43. The van der Waals surface area contributed by atoms with Crippen LogP contribution in [0.15, 0.2) is 47.5 Å². The number of ether oxygens (including phenoxy) is 1. The highest BCUT2D eigenvalue weighted by Crippen LogP contribution is 2.27. The lowest BCUT2D eigenvalue weighted by Crippen LogP contribution is -2.37. The minimum Gasteiger partial charge on any atom is -0.436 e. The molecule has 1 atom stereocenters. The van der Waals surface area contributed by atoms with E-state index in [1.165, 1.54) is 40.6 Å². The minimum atomic E-state index is -1.18. The monoisotopic (exact) mass is 584 g/mol. The average Bonchev–Trinajstić information content (AvgIpc) is 3.32. The second-order valence-electron chi connectivity index (χ2n) is 10.6. The summed E-state index contributed by atoms with van der Waals surface area (Å²) in [4.78, 5) is 60.8. The van der Waals surface area contributed by atoms with Gasteiger partial charge in [0.2, 0.25) is 5.91 Å². The molecule has 220 valence electrons. The molecular formula is C29H37ClN6O5. The second kappa shape index (κ2) is 14.0. The lowest BCUT2D eigenvalue weighted by molar-refractivity contribution is -0.125. The fourth-order valence-corrected chi connectivity index (χ4v) is 4.27. The molecule has 0 aromatic carbocycles. The number of nitrogens with one attached hydrogen (secondary N) is 2. The number of allylic oxidation sites excluding steroid dienone is 1. The lowest BCUT2D eigenvalue weighted by Gasteiger charge is -2.19. The van der Waals surface area contributed by atoms with Crippen molar-refractivity contribution in [1.29, 1.82) is 0 Å². The molecule has 12 heteroatoms. The number of carbonyl (C=O) groups excluding carboxylic acids is 3. The Morgan fingerprint density at radius 3 is 2.59 bits per heavy atom. The number of amides is 3. The van der Waals surface area contributed by atoms with E-state index in [1.807, 2.05) is 6.07 Å². The molecular weight excluding hydrogens is 548 g/mol. The van der Waals surface area contributed by atoms with E-state index in [4.69, 9.17) is 16.3 Å². The number of hydrogen-bond donors (Lipinski definition) is 2. The average molecular weight is 585 g/mol. The molecule has 0 aliphatic rings. The molecule has 0 saturated carbocycles. The molecule has 0 aliphatic carbocycles. The maximum Gasteiger partial charge on any atom is 0.410 e. The molecule has 3 heterocycles. The van der Waals surface area contributed by atoms with Gasteiger partial charge >= 0.3 is 6.09 Å². The third kappa shape index (κ3) is 8.43. The summed E-state index contributed by atoms with van der Waals surface area (Å²) in [6.07, 6.45) is 5.57. The Kier molecular flexibility index (Phi) is 10.7. The van der Waals surface area contributed by atoms with Crippen molar-refractivity contribution < 1.29 is 19.1 Å².